The molecule has 1 aromatic heterocycles. The molecule has 0 aliphatic rings. The van der Waals surface area contributed by atoms with Gasteiger partial charge in [-0.2, -0.15) is 0 Å². The van der Waals surface area contributed by atoms with Gasteiger partial charge in [0.2, 0.25) is 5.95 Å². The summed E-state index contributed by atoms with van der Waals surface area (Å²) in [6.45, 7) is 2.09. The van der Waals surface area contributed by atoms with E-state index >= 15 is 0 Å². The molecule has 0 bridgehead atoms. The number of aryl methyl sites for hydroxylation is 1. The lowest BCUT2D eigenvalue weighted by Crippen LogP contribution is -2.28. The molecule has 32 heavy (non-hydrogen) atoms. The van der Waals surface area contributed by atoms with Crippen LogP contribution < -0.4 is 16.2 Å². The van der Waals surface area contributed by atoms with E-state index in [-0.39, 0.29) is 11.1 Å². The summed E-state index contributed by atoms with van der Waals surface area (Å²) in [6, 6.07) is 14.5. The molecule has 0 amide bonds. The van der Waals surface area contributed by atoms with Crippen LogP contribution in [0.5, 0.6) is 0 Å². The summed E-state index contributed by atoms with van der Waals surface area (Å²) < 4.78 is 0. The van der Waals surface area contributed by atoms with Crippen LogP contribution in [0.2, 0.25) is 0 Å². The van der Waals surface area contributed by atoms with E-state index < -0.39 is 5.97 Å². The Morgan fingerprint density at radius 2 is 1.88 bits per heavy atom. The molecule has 3 rings (SSSR count). The van der Waals surface area contributed by atoms with Crippen molar-refractivity contribution in [1.82, 2.24) is 15.3 Å². The van der Waals surface area contributed by atoms with E-state index in [0.717, 1.165) is 29.7 Å². The lowest BCUT2D eigenvalue weighted by atomic mass is 9.96. The Kier molecular flexibility index (Phi) is 7.72. The van der Waals surface area contributed by atoms with Gasteiger partial charge in [0.1, 0.15) is 0 Å². The zero-order chi connectivity index (χ0) is 23.1. The highest BCUT2D eigenvalue weighted by Gasteiger charge is 2.14. The minimum Gasteiger partial charge on any atom is -0.478 e. The maximum absolute atomic E-state index is 12.8. The molecule has 0 spiro atoms. The minimum atomic E-state index is -0.964. The second-order valence-corrected chi connectivity index (χ2v) is 7.78. The zero-order valence-corrected chi connectivity index (χ0v) is 18.9. The largest absolute Gasteiger partial charge is 0.478 e. The smallest absolute Gasteiger partial charge is 0.336 e. The molecule has 0 saturated carbocycles. The molecular formula is C24H26N4O3S. The first kappa shape index (κ1) is 23.1. The van der Waals surface area contributed by atoms with Crippen LogP contribution in [0.1, 0.15) is 46.9 Å². The van der Waals surface area contributed by atoms with Gasteiger partial charge < -0.3 is 15.7 Å². The minimum absolute atomic E-state index is 0.201. The van der Waals surface area contributed by atoms with E-state index in [1.165, 1.54) is 0 Å². The number of nitrogens with one attached hydrogen (secondary N) is 3. The molecule has 8 heteroatoms. The molecule has 7 nitrogen and oxygen atoms in total. The fraction of sp³-hybridized carbons (Fsp3) is 0.250. The van der Waals surface area contributed by atoms with Crippen molar-refractivity contribution in [3.8, 4) is 11.1 Å². The molecule has 4 N–H and O–H groups in total. The summed E-state index contributed by atoms with van der Waals surface area (Å²) in [5.74, 6) is -0.640. The number of nitrogens with zero attached hydrogens (tertiary/aromatic N) is 1. The van der Waals surface area contributed by atoms with Crippen LogP contribution in [0.15, 0.2) is 53.3 Å². The standard InChI is InChI=1S/C24H26N4O3S/c1-3-4-9-20-19(21(29)27-23(26-20)28-24(32)25-2)14-15-10-12-16(13-11-15)17-7-5-6-8-18(17)22(30)31/h5-8,10-13H,3-4,9,14H2,1-2H3,(H,30,31)(H3,25,26,27,28,29,32). The summed E-state index contributed by atoms with van der Waals surface area (Å²) in [4.78, 5) is 31.7. The topological polar surface area (TPSA) is 107 Å². The Balaban J connectivity index is 1.90. The van der Waals surface area contributed by atoms with Gasteiger partial charge in [-0.25, -0.2) is 9.78 Å². The molecule has 0 radical (unpaired) electrons. The number of thiocarbonyl (C=S) groups is 1. The Labute approximate surface area is 191 Å². The van der Waals surface area contributed by atoms with Crippen LogP contribution in [-0.4, -0.2) is 33.2 Å². The van der Waals surface area contributed by atoms with Crippen molar-refractivity contribution in [3.63, 3.8) is 0 Å². The number of carbonyl (C=O) groups is 1. The molecule has 1 heterocycles. The number of H-pyrrole nitrogens is 1. The number of anilines is 1. The van der Waals surface area contributed by atoms with Crippen molar-refractivity contribution >= 4 is 29.2 Å². The average molecular weight is 451 g/mol. The molecule has 0 unspecified atom stereocenters. The summed E-state index contributed by atoms with van der Waals surface area (Å²) >= 11 is 5.11. The monoisotopic (exact) mass is 450 g/mol. The third-order valence-electron chi connectivity index (χ3n) is 5.13. The lowest BCUT2D eigenvalue weighted by molar-refractivity contribution is 0.0697. The molecule has 2 aromatic carbocycles. The third-order valence-corrected chi connectivity index (χ3v) is 5.44. The first-order chi connectivity index (χ1) is 15.4. The maximum Gasteiger partial charge on any atom is 0.336 e. The number of carboxylic acid groups (broad SMARTS) is 1. The van der Waals surface area contributed by atoms with Crippen LogP contribution in [-0.2, 0) is 12.8 Å². The van der Waals surface area contributed by atoms with Crippen molar-refractivity contribution in [3.05, 3.63) is 81.3 Å². The highest BCUT2D eigenvalue weighted by molar-refractivity contribution is 7.80. The molecule has 0 aliphatic carbocycles. The number of aromatic carboxylic acids is 1. The number of aromatic nitrogens is 2. The number of aromatic amines is 1. The van der Waals surface area contributed by atoms with Gasteiger partial charge in [-0.05, 0) is 47.8 Å². The fourth-order valence-corrected chi connectivity index (χ4v) is 3.53. The predicted molar refractivity (Wildman–Crippen MR) is 130 cm³/mol. The molecule has 0 saturated heterocycles. The van der Waals surface area contributed by atoms with Crippen LogP contribution in [0, 0.1) is 0 Å². The number of hydrogen-bond donors (Lipinski definition) is 4. The second-order valence-electron chi connectivity index (χ2n) is 7.37. The number of benzene rings is 2. The first-order valence-electron chi connectivity index (χ1n) is 10.4. The van der Waals surface area contributed by atoms with E-state index in [4.69, 9.17) is 12.2 Å². The van der Waals surface area contributed by atoms with E-state index in [1.54, 1.807) is 25.2 Å². The number of unbranched alkanes of at least 4 members (excludes halogenated alkanes) is 1. The van der Waals surface area contributed by atoms with E-state index in [1.807, 2.05) is 30.3 Å². The quantitative estimate of drug-likeness (QED) is 0.385. The van der Waals surface area contributed by atoms with Gasteiger partial charge >= 0.3 is 5.97 Å². The Bertz CT molecular complexity index is 1170. The maximum atomic E-state index is 12.8. The van der Waals surface area contributed by atoms with Gasteiger partial charge in [0.05, 0.1) is 11.3 Å². The molecule has 0 atom stereocenters. The number of hydrogen-bond acceptors (Lipinski definition) is 4. The van der Waals surface area contributed by atoms with Gasteiger partial charge in [0.15, 0.2) is 5.11 Å². The first-order valence-corrected chi connectivity index (χ1v) is 10.9. The normalized spacial score (nSPS) is 10.6. The summed E-state index contributed by atoms with van der Waals surface area (Å²) in [5, 5.41) is 15.5. The molecular weight excluding hydrogens is 424 g/mol. The van der Waals surface area contributed by atoms with Crippen LogP contribution >= 0.6 is 12.2 Å². The van der Waals surface area contributed by atoms with E-state index in [9.17, 15) is 14.7 Å². The summed E-state index contributed by atoms with van der Waals surface area (Å²) in [6.07, 6.45) is 3.04. The highest BCUT2D eigenvalue weighted by Crippen LogP contribution is 2.25. The summed E-state index contributed by atoms with van der Waals surface area (Å²) in [7, 11) is 1.69. The fourth-order valence-electron chi connectivity index (χ4n) is 3.43. The van der Waals surface area contributed by atoms with E-state index in [2.05, 4.69) is 27.5 Å². The second kappa shape index (κ2) is 10.7. The van der Waals surface area contributed by atoms with Crippen molar-refractivity contribution in [2.75, 3.05) is 12.4 Å². The van der Waals surface area contributed by atoms with Crippen molar-refractivity contribution in [2.24, 2.45) is 0 Å². The van der Waals surface area contributed by atoms with Crippen molar-refractivity contribution in [1.29, 1.82) is 0 Å². The van der Waals surface area contributed by atoms with Gasteiger partial charge in [-0.15, -0.1) is 0 Å². The van der Waals surface area contributed by atoms with Crippen LogP contribution in [0.3, 0.4) is 0 Å². The number of rotatable bonds is 8. The van der Waals surface area contributed by atoms with Crippen molar-refractivity contribution < 1.29 is 9.90 Å². The summed E-state index contributed by atoms with van der Waals surface area (Å²) in [5.41, 5.74) is 3.84. The molecule has 0 fully saturated rings. The SMILES string of the molecule is CCCCc1nc(NC(=S)NC)[nH]c(=O)c1Cc1ccc(-c2ccccc2C(=O)O)cc1. The zero-order valence-electron chi connectivity index (χ0n) is 18.1. The Morgan fingerprint density at radius 3 is 2.53 bits per heavy atom. The van der Waals surface area contributed by atoms with Crippen LogP contribution in [0.25, 0.3) is 11.1 Å². The average Bonchev–Trinajstić information content (AvgIpc) is 2.80. The van der Waals surface area contributed by atoms with Gasteiger partial charge in [0.25, 0.3) is 5.56 Å². The van der Waals surface area contributed by atoms with Crippen LogP contribution in [0.4, 0.5) is 5.95 Å². The van der Waals surface area contributed by atoms with Gasteiger partial charge in [0, 0.05) is 19.0 Å². The highest BCUT2D eigenvalue weighted by atomic mass is 32.1. The third kappa shape index (κ3) is 5.59. The molecule has 166 valence electrons. The van der Waals surface area contributed by atoms with Crippen molar-refractivity contribution in [2.45, 2.75) is 32.6 Å². The van der Waals surface area contributed by atoms with E-state index in [0.29, 0.717) is 35.0 Å². The molecule has 3 aromatic rings. The van der Waals surface area contributed by atoms with Gasteiger partial charge in [-0.1, -0.05) is 55.8 Å². The molecule has 0 aliphatic heterocycles. The Hall–Kier alpha value is -3.52. The lowest BCUT2D eigenvalue weighted by Gasteiger charge is -2.12. The predicted octanol–water partition coefficient (Wildman–Crippen LogP) is 3.98. The Morgan fingerprint density at radius 1 is 1.16 bits per heavy atom. The van der Waals surface area contributed by atoms with Gasteiger partial charge in [-0.3, -0.25) is 9.78 Å². The number of carboxylic acids is 1.